The smallest absolute Gasteiger partial charge is 0.226 e. The standard InChI is InChI=1S/C14H16Cl2N2O/c15-8-1-2-10(13(16)5-8)11-6-12(11)14(19)18-4-3-9(17)7-18/h1-2,5,9,11-12H,3-4,6-7,17H2/t9-,11?,12?/m1/s1. The van der Waals surface area contributed by atoms with Crippen LogP contribution in [0, 0.1) is 5.92 Å². The molecule has 0 bridgehead atoms. The van der Waals surface area contributed by atoms with Crippen LogP contribution in [0.5, 0.6) is 0 Å². The van der Waals surface area contributed by atoms with Gasteiger partial charge in [-0.05, 0) is 36.5 Å². The van der Waals surface area contributed by atoms with Crippen LogP contribution < -0.4 is 5.73 Å². The fourth-order valence-electron chi connectivity index (χ4n) is 2.84. The van der Waals surface area contributed by atoms with Crippen LogP contribution in [-0.4, -0.2) is 29.9 Å². The van der Waals surface area contributed by atoms with Gasteiger partial charge in [-0.25, -0.2) is 0 Å². The van der Waals surface area contributed by atoms with Crippen molar-refractivity contribution in [2.24, 2.45) is 11.7 Å². The predicted octanol–water partition coefficient (Wildman–Crippen LogP) is 2.66. The Balaban J connectivity index is 1.69. The summed E-state index contributed by atoms with van der Waals surface area (Å²) in [6.07, 6.45) is 1.79. The maximum atomic E-state index is 12.3. The Morgan fingerprint density at radius 3 is 2.79 bits per heavy atom. The molecule has 102 valence electrons. The van der Waals surface area contributed by atoms with Crippen LogP contribution in [0.1, 0.15) is 24.3 Å². The van der Waals surface area contributed by atoms with Crippen LogP contribution in [0.2, 0.25) is 10.0 Å². The van der Waals surface area contributed by atoms with Gasteiger partial charge in [0.05, 0.1) is 0 Å². The van der Waals surface area contributed by atoms with Crippen molar-refractivity contribution >= 4 is 29.1 Å². The Bertz CT molecular complexity index is 520. The van der Waals surface area contributed by atoms with Gasteiger partial charge in [-0.1, -0.05) is 29.3 Å². The van der Waals surface area contributed by atoms with E-state index in [2.05, 4.69) is 0 Å². The Hall–Kier alpha value is -0.770. The third kappa shape index (κ3) is 2.60. The van der Waals surface area contributed by atoms with E-state index in [4.69, 9.17) is 28.9 Å². The molecule has 1 saturated heterocycles. The summed E-state index contributed by atoms with van der Waals surface area (Å²) in [5, 5.41) is 1.29. The number of nitrogens with two attached hydrogens (primary N) is 1. The molecule has 5 heteroatoms. The highest BCUT2D eigenvalue weighted by Crippen LogP contribution is 2.51. The Kier molecular flexibility index (Phi) is 3.46. The van der Waals surface area contributed by atoms with E-state index in [0.717, 1.165) is 24.9 Å². The second-order valence-corrected chi connectivity index (χ2v) is 6.29. The van der Waals surface area contributed by atoms with Gasteiger partial charge in [0.1, 0.15) is 0 Å². The number of nitrogens with zero attached hydrogens (tertiary/aromatic N) is 1. The van der Waals surface area contributed by atoms with E-state index < -0.39 is 0 Å². The van der Waals surface area contributed by atoms with Crippen LogP contribution in [0.3, 0.4) is 0 Å². The van der Waals surface area contributed by atoms with Crippen LogP contribution in [0.4, 0.5) is 0 Å². The molecule has 3 atom stereocenters. The third-order valence-electron chi connectivity index (χ3n) is 4.01. The van der Waals surface area contributed by atoms with Crippen molar-refractivity contribution in [1.82, 2.24) is 4.90 Å². The highest BCUT2D eigenvalue weighted by molar-refractivity contribution is 6.35. The molecule has 1 aromatic rings. The average molecular weight is 299 g/mol. The molecule has 2 unspecified atom stereocenters. The molecule has 2 N–H and O–H groups in total. The number of likely N-dealkylation sites (tertiary alicyclic amines) is 1. The molecule has 3 rings (SSSR count). The second-order valence-electron chi connectivity index (χ2n) is 5.45. The van der Waals surface area contributed by atoms with Gasteiger partial charge in [-0.15, -0.1) is 0 Å². The van der Waals surface area contributed by atoms with Crippen molar-refractivity contribution in [2.45, 2.75) is 24.8 Å². The number of carbonyl (C=O) groups is 1. The molecular formula is C14H16Cl2N2O. The molecule has 0 spiro atoms. The molecule has 1 amide bonds. The number of halogens is 2. The molecular weight excluding hydrogens is 283 g/mol. The second kappa shape index (κ2) is 4.97. The summed E-state index contributed by atoms with van der Waals surface area (Å²) >= 11 is 12.1. The lowest BCUT2D eigenvalue weighted by Crippen LogP contribution is -2.33. The summed E-state index contributed by atoms with van der Waals surface area (Å²) in [5.74, 6) is 0.544. The molecule has 0 radical (unpaired) electrons. The molecule has 1 saturated carbocycles. The molecule has 1 heterocycles. The Morgan fingerprint density at radius 2 is 2.16 bits per heavy atom. The first-order valence-corrected chi connectivity index (χ1v) is 7.31. The summed E-state index contributed by atoms with van der Waals surface area (Å²) in [6.45, 7) is 1.48. The van der Waals surface area contributed by atoms with E-state index in [9.17, 15) is 4.79 Å². The minimum absolute atomic E-state index is 0.0731. The van der Waals surface area contributed by atoms with Crippen LogP contribution in [0.15, 0.2) is 18.2 Å². The summed E-state index contributed by atoms with van der Waals surface area (Å²) in [7, 11) is 0. The predicted molar refractivity (Wildman–Crippen MR) is 76.5 cm³/mol. The van der Waals surface area contributed by atoms with Gasteiger partial charge in [0.15, 0.2) is 0 Å². The Labute approximate surface area is 122 Å². The summed E-state index contributed by atoms with van der Waals surface area (Å²) in [5.41, 5.74) is 6.88. The topological polar surface area (TPSA) is 46.3 Å². The third-order valence-corrected chi connectivity index (χ3v) is 4.57. The summed E-state index contributed by atoms with van der Waals surface area (Å²) < 4.78 is 0. The van der Waals surface area contributed by atoms with Gasteiger partial charge in [0.25, 0.3) is 0 Å². The first-order valence-electron chi connectivity index (χ1n) is 6.55. The fraction of sp³-hybridized carbons (Fsp3) is 0.500. The van der Waals surface area contributed by atoms with E-state index in [1.807, 2.05) is 17.0 Å². The monoisotopic (exact) mass is 298 g/mol. The van der Waals surface area contributed by atoms with E-state index >= 15 is 0 Å². The van der Waals surface area contributed by atoms with Crippen molar-refractivity contribution in [1.29, 1.82) is 0 Å². The molecule has 2 aliphatic rings. The van der Waals surface area contributed by atoms with Gasteiger partial charge in [0.2, 0.25) is 5.91 Å². The van der Waals surface area contributed by atoms with Crippen LogP contribution >= 0.6 is 23.2 Å². The zero-order valence-electron chi connectivity index (χ0n) is 10.5. The van der Waals surface area contributed by atoms with Crippen molar-refractivity contribution in [3.8, 4) is 0 Å². The average Bonchev–Trinajstić information content (AvgIpc) is 3.02. The maximum absolute atomic E-state index is 12.3. The first kappa shape index (κ1) is 13.2. The number of hydrogen-bond acceptors (Lipinski definition) is 2. The van der Waals surface area contributed by atoms with Crippen LogP contribution in [0.25, 0.3) is 0 Å². The minimum Gasteiger partial charge on any atom is -0.341 e. The van der Waals surface area contributed by atoms with Gasteiger partial charge < -0.3 is 10.6 Å². The molecule has 2 fully saturated rings. The molecule has 19 heavy (non-hydrogen) atoms. The van der Waals surface area contributed by atoms with E-state index in [1.165, 1.54) is 0 Å². The first-order chi connectivity index (χ1) is 9.06. The van der Waals surface area contributed by atoms with Crippen molar-refractivity contribution in [3.05, 3.63) is 33.8 Å². The quantitative estimate of drug-likeness (QED) is 0.912. The molecule has 1 aliphatic heterocycles. The highest BCUT2D eigenvalue weighted by atomic mass is 35.5. The van der Waals surface area contributed by atoms with Crippen LogP contribution in [-0.2, 0) is 4.79 Å². The van der Waals surface area contributed by atoms with Gasteiger partial charge in [0, 0.05) is 35.1 Å². The van der Waals surface area contributed by atoms with Gasteiger partial charge in [-0.2, -0.15) is 0 Å². The molecule has 1 aliphatic carbocycles. The van der Waals surface area contributed by atoms with E-state index in [1.54, 1.807) is 6.07 Å². The summed E-state index contributed by atoms with van der Waals surface area (Å²) in [6, 6.07) is 5.64. The number of rotatable bonds is 2. The van der Waals surface area contributed by atoms with E-state index in [0.29, 0.717) is 16.6 Å². The number of amides is 1. The van der Waals surface area contributed by atoms with Gasteiger partial charge in [-0.3, -0.25) is 4.79 Å². The van der Waals surface area contributed by atoms with Crippen molar-refractivity contribution in [3.63, 3.8) is 0 Å². The SMILES string of the molecule is N[C@@H]1CCN(C(=O)C2CC2c2ccc(Cl)cc2Cl)C1. The highest BCUT2D eigenvalue weighted by Gasteiger charge is 2.47. The molecule has 0 aromatic heterocycles. The zero-order valence-corrected chi connectivity index (χ0v) is 12.0. The lowest BCUT2D eigenvalue weighted by molar-refractivity contribution is -0.131. The van der Waals surface area contributed by atoms with E-state index in [-0.39, 0.29) is 23.8 Å². The lowest BCUT2D eigenvalue weighted by atomic mass is 10.1. The number of benzene rings is 1. The Morgan fingerprint density at radius 1 is 1.37 bits per heavy atom. The zero-order chi connectivity index (χ0) is 13.6. The number of carbonyl (C=O) groups excluding carboxylic acids is 1. The van der Waals surface area contributed by atoms with Gasteiger partial charge >= 0.3 is 0 Å². The molecule has 3 nitrogen and oxygen atoms in total. The van der Waals surface area contributed by atoms with Crippen molar-refractivity contribution in [2.75, 3.05) is 13.1 Å². The largest absolute Gasteiger partial charge is 0.341 e. The fourth-order valence-corrected chi connectivity index (χ4v) is 3.38. The minimum atomic E-state index is 0.0731. The lowest BCUT2D eigenvalue weighted by Gasteiger charge is -2.15. The van der Waals surface area contributed by atoms with Crippen molar-refractivity contribution < 1.29 is 4.79 Å². The normalized spacial score (nSPS) is 29.6. The maximum Gasteiger partial charge on any atom is 0.226 e. The summed E-state index contributed by atoms with van der Waals surface area (Å²) in [4.78, 5) is 14.2. The molecule has 1 aromatic carbocycles. The number of hydrogen-bond donors (Lipinski definition) is 1.